The molecule has 2 heterocycles. The van der Waals surface area contributed by atoms with Crippen molar-refractivity contribution in [2.45, 2.75) is 4.90 Å². The average Bonchev–Trinajstić information content (AvgIpc) is 2.38. The van der Waals surface area contributed by atoms with Crippen LogP contribution in [-0.4, -0.2) is 14.2 Å². The predicted molar refractivity (Wildman–Crippen MR) is 63.9 cm³/mol. The van der Waals surface area contributed by atoms with E-state index < -0.39 is 10.8 Å². The van der Waals surface area contributed by atoms with Crippen LogP contribution in [0, 0.1) is 0 Å². The molecule has 0 fully saturated rings. The summed E-state index contributed by atoms with van der Waals surface area (Å²) in [5.74, 6) is 0. The van der Waals surface area contributed by atoms with E-state index >= 15 is 0 Å². The Labute approximate surface area is 96.3 Å². The van der Waals surface area contributed by atoms with Gasteiger partial charge in [-0.25, -0.2) is 4.21 Å². The van der Waals surface area contributed by atoms with Crippen LogP contribution in [-0.2, 0) is 10.8 Å². The van der Waals surface area contributed by atoms with Gasteiger partial charge in [0.1, 0.15) is 0 Å². The molecule has 0 radical (unpaired) electrons. The normalized spacial score (nSPS) is 12.8. The topological polar surface area (TPSA) is 42.9 Å². The van der Waals surface area contributed by atoms with Gasteiger partial charge in [-0.2, -0.15) is 0 Å². The molecule has 1 unspecified atom stereocenters. The minimum atomic E-state index is -1.12. The standard InChI is InChI=1S/C12H10N2OS/c15-16(12-3-8-14-9-4-12)10-5-11-1-6-13-7-2-11/h1-10H/b10-5-. The van der Waals surface area contributed by atoms with Crippen molar-refractivity contribution in [1.82, 2.24) is 9.97 Å². The van der Waals surface area contributed by atoms with E-state index in [1.54, 1.807) is 42.3 Å². The van der Waals surface area contributed by atoms with Gasteiger partial charge in [0, 0.05) is 35.1 Å². The Balaban J connectivity index is 2.12. The van der Waals surface area contributed by atoms with Crippen LogP contribution >= 0.6 is 0 Å². The highest BCUT2D eigenvalue weighted by Crippen LogP contribution is 2.07. The Bertz CT molecular complexity index is 497. The molecule has 0 bridgehead atoms. The highest BCUT2D eigenvalue weighted by molar-refractivity contribution is 7.88. The first kappa shape index (κ1) is 10.7. The molecule has 80 valence electrons. The van der Waals surface area contributed by atoms with Gasteiger partial charge in [-0.1, -0.05) is 0 Å². The number of hydrogen-bond acceptors (Lipinski definition) is 3. The largest absolute Gasteiger partial charge is 0.265 e. The first-order valence-electron chi connectivity index (χ1n) is 4.75. The molecule has 2 aromatic heterocycles. The van der Waals surface area contributed by atoms with E-state index in [9.17, 15) is 4.21 Å². The molecule has 0 aromatic carbocycles. The van der Waals surface area contributed by atoms with Crippen LogP contribution < -0.4 is 0 Å². The van der Waals surface area contributed by atoms with E-state index in [1.807, 2.05) is 18.2 Å². The lowest BCUT2D eigenvalue weighted by Crippen LogP contribution is -1.86. The molecular weight excluding hydrogens is 220 g/mol. The summed E-state index contributed by atoms with van der Waals surface area (Å²) in [6.07, 6.45) is 8.49. The second kappa shape index (κ2) is 5.32. The van der Waals surface area contributed by atoms with Gasteiger partial charge in [0.05, 0.1) is 10.8 Å². The third-order valence-electron chi connectivity index (χ3n) is 1.97. The molecule has 1 atom stereocenters. The van der Waals surface area contributed by atoms with Crippen LogP contribution in [0.15, 0.2) is 59.4 Å². The lowest BCUT2D eigenvalue weighted by Gasteiger charge is -1.95. The molecule has 0 aliphatic rings. The van der Waals surface area contributed by atoms with Crippen molar-refractivity contribution in [3.05, 3.63) is 60.0 Å². The number of hydrogen-bond donors (Lipinski definition) is 0. The lowest BCUT2D eigenvalue weighted by molar-refractivity contribution is 0.688. The predicted octanol–water partition coefficient (Wildman–Crippen LogP) is 2.26. The zero-order chi connectivity index (χ0) is 11.2. The van der Waals surface area contributed by atoms with Crippen LogP contribution in [0.1, 0.15) is 5.56 Å². The third-order valence-corrected chi connectivity index (χ3v) is 3.09. The summed E-state index contributed by atoms with van der Waals surface area (Å²) in [5, 5.41) is 1.66. The van der Waals surface area contributed by atoms with Crippen molar-refractivity contribution in [3.63, 3.8) is 0 Å². The molecule has 0 saturated carbocycles. The van der Waals surface area contributed by atoms with Crippen molar-refractivity contribution >= 4 is 16.9 Å². The van der Waals surface area contributed by atoms with Gasteiger partial charge in [0.25, 0.3) is 0 Å². The van der Waals surface area contributed by atoms with Crippen molar-refractivity contribution in [2.24, 2.45) is 0 Å². The van der Waals surface area contributed by atoms with Crippen molar-refractivity contribution < 1.29 is 4.21 Å². The first-order chi connectivity index (χ1) is 7.86. The number of nitrogens with zero attached hydrogens (tertiary/aromatic N) is 2. The monoisotopic (exact) mass is 230 g/mol. The fourth-order valence-corrected chi connectivity index (χ4v) is 1.99. The van der Waals surface area contributed by atoms with Gasteiger partial charge in [-0.05, 0) is 35.9 Å². The van der Waals surface area contributed by atoms with Gasteiger partial charge < -0.3 is 0 Å². The zero-order valence-corrected chi connectivity index (χ0v) is 9.30. The smallest absolute Gasteiger partial charge is 0.0777 e. The van der Waals surface area contributed by atoms with E-state index in [4.69, 9.17) is 0 Å². The van der Waals surface area contributed by atoms with E-state index in [0.717, 1.165) is 10.5 Å². The molecule has 0 saturated heterocycles. The third kappa shape index (κ3) is 2.84. The van der Waals surface area contributed by atoms with E-state index in [-0.39, 0.29) is 0 Å². The minimum absolute atomic E-state index is 0.750. The lowest BCUT2D eigenvalue weighted by atomic mass is 10.3. The molecule has 16 heavy (non-hydrogen) atoms. The molecule has 3 nitrogen and oxygen atoms in total. The Morgan fingerprint density at radius 2 is 1.50 bits per heavy atom. The van der Waals surface area contributed by atoms with Crippen molar-refractivity contribution in [3.8, 4) is 0 Å². The minimum Gasteiger partial charge on any atom is -0.265 e. The van der Waals surface area contributed by atoms with Gasteiger partial charge >= 0.3 is 0 Å². The molecule has 2 rings (SSSR count). The average molecular weight is 230 g/mol. The molecule has 0 amide bonds. The number of rotatable bonds is 3. The molecular formula is C12H10N2OS. The second-order valence-corrected chi connectivity index (χ2v) is 4.40. The summed E-state index contributed by atoms with van der Waals surface area (Å²) in [6.45, 7) is 0. The zero-order valence-electron chi connectivity index (χ0n) is 8.48. The summed E-state index contributed by atoms with van der Waals surface area (Å²) in [4.78, 5) is 8.54. The highest BCUT2D eigenvalue weighted by atomic mass is 32.2. The second-order valence-electron chi connectivity index (χ2n) is 3.06. The number of aromatic nitrogens is 2. The molecule has 0 spiro atoms. The number of pyridine rings is 2. The van der Waals surface area contributed by atoms with Crippen LogP contribution in [0.2, 0.25) is 0 Å². The van der Waals surface area contributed by atoms with Crippen molar-refractivity contribution in [1.29, 1.82) is 0 Å². The molecule has 0 N–H and O–H groups in total. The maximum absolute atomic E-state index is 11.8. The van der Waals surface area contributed by atoms with Crippen LogP contribution in [0.25, 0.3) is 6.08 Å². The maximum atomic E-state index is 11.8. The first-order valence-corrected chi connectivity index (χ1v) is 5.96. The molecule has 0 aliphatic carbocycles. The van der Waals surface area contributed by atoms with Crippen molar-refractivity contribution in [2.75, 3.05) is 0 Å². The van der Waals surface area contributed by atoms with Crippen LogP contribution in [0.3, 0.4) is 0 Å². The van der Waals surface area contributed by atoms with Gasteiger partial charge in [0.15, 0.2) is 0 Å². The maximum Gasteiger partial charge on any atom is 0.0777 e. The summed E-state index contributed by atoms with van der Waals surface area (Å²) in [6, 6.07) is 7.21. The Kier molecular flexibility index (Phi) is 3.56. The van der Waals surface area contributed by atoms with Crippen LogP contribution in [0.5, 0.6) is 0 Å². The van der Waals surface area contributed by atoms with Crippen LogP contribution in [0.4, 0.5) is 0 Å². The summed E-state index contributed by atoms with van der Waals surface area (Å²) in [5.41, 5.74) is 0.984. The summed E-state index contributed by atoms with van der Waals surface area (Å²) in [7, 11) is -1.12. The fourth-order valence-electron chi connectivity index (χ4n) is 1.17. The quantitative estimate of drug-likeness (QED) is 0.812. The van der Waals surface area contributed by atoms with E-state index in [0.29, 0.717) is 0 Å². The molecule has 4 heteroatoms. The van der Waals surface area contributed by atoms with Gasteiger partial charge in [-0.15, -0.1) is 0 Å². The van der Waals surface area contributed by atoms with E-state index in [2.05, 4.69) is 9.97 Å². The molecule has 0 aliphatic heterocycles. The van der Waals surface area contributed by atoms with Gasteiger partial charge in [0.2, 0.25) is 0 Å². The summed E-state index contributed by atoms with van der Waals surface area (Å²) >= 11 is 0. The fraction of sp³-hybridized carbons (Fsp3) is 0. The van der Waals surface area contributed by atoms with E-state index in [1.165, 1.54) is 0 Å². The Morgan fingerprint density at radius 1 is 0.938 bits per heavy atom. The summed E-state index contributed by atoms with van der Waals surface area (Å²) < 4.78 is 11.8. The SMILES string of the molecule is O=S(/C=C\c1ccncc1)c1ccncc1. The Morgan fingerprint density at radius 3 is 2.12 bits per heavy atom. The van der Waals surface area contributed by atoms with Gasteiger partial charge in [-0.3, -0.25) is 9.97 Å². The highest BCUT2D eigenvalue weighted by Gasteiger charge is 1.97. The Hall–Kier alpha value is -1.81. The molecule has 2 aromatic rings.